The molecule has 0 atom stereocenters. The van der Waals surface area contributed by atoms with E-state index in [1.165, 1.54) is 6.20 Å². The van der Waals surface area contributed by atoms with Gasteiger partial charge in [-0.2, -0.15) is 13.2 Å². The molecule has 2 aliphatic rings. The minimum absolute atomic E-state index is 0.00612. The zero-order valence-corrected chi connectivity index (χ0v) is 19.1. The van der Waals surface area contributed by atoms with Gasteiger partial charge in [-0.15, -0.1) is 0 Å². The van der Waals surface area contributed by atoms with Crippen LogP contribution in [-0.2, 0) is 12.7 Å². The molecule has 5 rings (SSSR count). The molecule has 0 radical (unpaired) electrons. The summed E-state index contributed by atoms with van der Waals surface area (Å²) in [5.41, 5.74) is 7.48. The second-order valence-corrected chi connectivity index (χ2v) is 9.23. The lowest BCUT2D eigenvalue weighted by Crippen LogP contribution is -2.63. The summed E-state index contributed by atoms with van der Waals surface area (Å²) in [5.74, 6) is 1.02. The van der Waals surface area contributed by atoms with E-state index < -0.39 is 11.9 Å². The Kier molecular flexibility index (Phi) is 6.04. The number of aromatic nitrogens is 3. The Morgan fingerprint density at radius 3 is 2.57 bits per heavy atom. The first-order valence-electron chi connectivity index (χ1n) is 11.5. The topological polar surface area (TPSA) is 83.5 Å². The first-order chi connectivity index (χ1) is 16.8. The molecule has 0 saturated carbocycles. The molecule has 0 unspecified atom stereocenters. The molecule has 1 spiro atoms. The largest absolute Gasteiger partial charge is 0.433 e. The maximum atomic E-state index is 13.1. The molecule has 0 aliphatic carbocycles. The second kappa shape index (κ2) is 9.16. The molecule has 10 heteroatoms. The molecule has 2 saturated heterocycles. The van der Waals surface area contributed by atoms with Gasteiger partial charge >= 0.3 is 6.18 Å². The average Bonchev–Trinajstić information content (AvgIpc) is 2.84. The summed E-state index contributed by atoms with van der Waals surface area (Å²) < 4.78 is 39.3. The van der Waals surface area contributed by atoms with E-state index in [1.54, 1.807) is 18.5 Å². The number of piperidine rings is 1. The summed E-state index contributed by atoms with van der Waals surface area (Å²) in [6.07, 6.45) is 2.06. The molecule has 7 nitrogen and oxygen atoms in total. The number of halogens is 3. The van der Waals surface area contributed by atoms with Crippen molar-refractivity contribution in [3.05, 3.63) is 71.8 Å². The summed E-state index contributed by atoms with van der Waals surface area (Å²) in [6.45, 7) is 3.48. The van der Waals surface area contributed by atoms with Gasteiger partial charge in [0.2, 0.25) is 0 Å². The van der Waals surface area contributed by atoms with Gasteiger partial charge in [-0.25, -0.2) is 9.97 Å². The summed E-state index contributed by atoms with van der Waals surface area (Å²) in [7, 11) is 0. The fraction of sp³-hybridized carbons (Fsp3) is 0.360. The maximum absolute atomic E-state index is 13.1. The van der Waals surface area contributed by atoms with Crippen LogP contribution in [0.3, 0.4) is 0 Å². The normalized spacial score (nSPS) is 17.7. The standard InChI is InChI=1S/C25H26F3N7/c26-25(27,28)21-11-19(7-9-31-21)34-10-4-8-24(15-34)16-35(17-24)22-14-32-20(23(29)33-22)13-30-12-18-5-2-1-3-6-18/h1-3,5-7,9,11,13-14H,4,8,10,12,15-17H2,(H2,29,33). The number of benzene rings is 1. The van der Waals surface area contributed by atoms with Gasteiger partial charge in [0.25, 0.3) is 0 Å². The highest BCUT2D eigenvalue weighted by atomic mass is 19.4. The zero-order chi connectivity index (χ0) is 24.5. The molecular formula is C25H26F3N7. The van der Waals surface area contributed by atoms with E-state index in [-0.39, 0.29) is 5.41 Å². The minimum Gasteiger partial charge on any atom is -0.382 e. The van der Waals surface area contributed by atoms with Crippen molar-refractivity contribution in [3.8, 4) is 0 Å². The van der Waals surface area contributed by atoms with Crippen LogP contribution in [0.2, 0.25) is 0 Å². The third-order valence-corrected chi connectivity index (χ3v) is 6.58. The number of nitrogens with zero attached hydrogens (tertiary/aromatic N) is 6. The molecule has 0 bridgehead atoms. The number of aliphatic imine (C=N–C) groups is 1. The quantitative estimate of drug-likeness (QED) is 0.550. The second-order valence-electron chi connectivity index (χ2n) is 9.23. The van der Waals surface area contributed by atoms with Crippen molar-refractivity contribution in [2.24, 2.45) is 10.4 Å². The Balaban J connectivity index is 1.21. The van der Waals surface area contributed by atoms with Crippen molar-refractivity contribution < 1.29 is 13.2 Å². The minimum atomic E-state index is -4.45. The van der Waals surface area contributed by atoms with Crippen molar-refractivity contribution in [2.75, 3.05) is 41.7 Å². The first kappa shape index (κ1) is 23.1. The number of hydrogen-bond donors (Lipinski definition) is 1. The van der Waals surface area contributed by atoms with Gasteiger partial charge < -0.3 is 15.5 Å². The zero-order valence-electron chi connectivity index (χ0n) is 19.1. The molecule has 2 aliphatic heterocycles. The predicted octanol–water partition coefficient (Wildman–Crippen LogP) is 4.20. The number of anilines is 3. The lowest BCUT2D eigenvalue weighted by Gasteiger charge is -2.55. The number of pyridine rings is 1. The van der Waals surface area contributed by atoms with E-state index >= 15 is 0 Å². The smallest absolute Gasteiger partial charge is 0.382 e. The first-order valence-corrected chi connectivity index (χ1v) is 11.5. The summed E-state index contributed by atoms with van der Waals surface area (Å²) in [6, 6.07) is 12.7. The molecular weight excluding hydrogens is 455 g/mol. The average molecular weight is 482 g/mol. The molecule has 3 aromatic rings. The van der Waals surface area contributed by atoms with E-state index in [0.29, 0.717) is 36.1 Å². The van der Waals surface area contributed by atoms with Crippen LogP contribution in [0, 0.1) is 5.41 Å². The van der Waals surface area contributed by atoms with E-state index in [0.717, 1.165) is 44.1 Å². The molecule has 1 aromatic carbocycles. The fourth-order valence-electron chi connectivity index (χ4n) is 4.86. The van der Waals surface area contributed by atoms with Crippen LogP contribution in [-0.4, -0.2) is 47.3 Å². The summed E-state index contributed by atoms with van der Waals surface area (Å²) in [5, 5.41) is 0. The monoisotopic (exact) mass is 481 g/mol. The van der Waals surface area contributed by atoms with Crippen molar-refractivity contribution in [1.82, 2.24) is 15.0 Å². The van der Waals surface area contributed by atoms with Crippen LogP contribution in [0.1, 0.15) is 29.8 Å². The molecule has 35 heavy (non-hydrogen) atoms. The Hall–Kier alpha value is -3.69. The fourth-order valence-corrected chi connectivity index (χ4v) is 4.86. The molecule has 182 valence electrons. The summed E-state index contributed by atoms with van der Waals surface area (Å²) in [4.78, 5) is 21.0. The number of nitrogen functional groups attached to an aromatic ring is 1. The number of alkyl halides is 3. The highest BCUT2D eigenvalue weighted by Gasteiger charge is 2.46. The van der Waals surface area contributed by atoms with Gasteiger partial charge in [0.1, 0.15) is 17.2 Å². The third kappa shape index (κ3) is 5.06. The van der Waals surface area contributed by atoms with Crippen LogP contribution >= 0.6 is 0 Å². The van der Waals surface area contributed by atoms with E-state index in [1.807, 2.05) is 35.2 Å². The Bertz CT molecular complexity index is 1210. The van der Waals surface area contributed by atoms with Crippen molar-refractivity contribution in [2.45, 2.75) is 25.6 Å². The van der Waals surface area contributed by atoms with Gasteiger partial charge in [-0.05, 0) is 30.5 Å². The molecule has 2 aromatic heterocycles. The van der Waals surface area contributed by atoms with E-state index in [2.05, 4.69) is 24.8 Å². The highest BCUT2D eigenvalue weighted by molar-refractivity contribution is 5.83. The molecule has 2 fully saturated rings. The summed E-state index contributed by atoms with van der Waals surface area (Å²) >= 11 is 0. The van der Waals surface area contributed by atoms with Crippen LogP contribution < -0.4 is 15.5 Å². The Morgan fingerprint density at radius 2 is 1.83 bits per heavy atom. The molecule has 2 N–H and O–H groups in total. The van der Waals surface area contributed by atoms with Gasteiger partial charge in [-0.3, -0.25) is 9.98 Å². The third-order valence-electron chi connectivity index (χ3n) is 6.58. The van der Waals surface area contributed by atoms with Gasteiger partial charge in [-0.1, -0.05) is 30.3 Å². The number of hydrogen-bond acceptors (Lipinski definition) is 7. The predicted molar refractivity (Wildman–Crippen MR) is 130 cm³/mol. The number of rotatable bonds is 5. The van der Waals surface area contributed by atoms with Crippen LogP contribution in [0.4, 0.5) is 30.5 Å². The maximum Gasteiger partial charge on any atom is 0.433 e. The van der Waals surface area contributed by atoms with Crippen molar-refractivity contribution in [3.63, 3.8) is 0 Å². The van der Waals surface area contributed by atoms with Crippen LogP contribution in [0.15, 0.2) is 59.9 Å². The number of nitrogens with two attached hydrogens (primary N) is 1. The van der Waals surface area contributed by atoms with Crippen LogP contribution in [0.5, 0.6) is 0 Å². The lowest BCUT2D eigenvalue weighted by molar-refractivity contribution is -0.141. The Morgan fingerprint density at radius 1 is 1.06 bits per heavy atom. The van der Waals surface area contributed by atoms with Crippen molar-refractivity contribution in [1.29, 1.82) is 0 Å². The van der Waals surface area contributed by atoms with Gasteiger partial charge in [0.15, 0.2) is 5.82 Å². The molecule has 4 heterocycles. The van der Waals surface area contributed by atoms with E-state index in [4.69, 9.17) is 5.73 Å². The van der Waals surface area contributed by atoms with E-state index in [9.17, 15) is 13.2 Å². The molecule has 0 amide bonds. The lowest BCUT2D eigenvalue weighted by atomic mass is 9.73. The SMILES string of the molecule is Nc1nc(N2CC3(CCCN(c4ccnc(C(F)(F)F)c4)C3)C2)cnc1C=NCc1ccccc1. The van der Waals surface area contributed by atoms with Gasteiger partial charge in [0.05, 0.1) is 19.0 Å². The van der Waals surface area contributed by atoms with Crippen molar-refractivity contribution >= 4 is 23.5 Å². The highest BCUT2D eigenvalue weighted by Crippen LogP contribution is 2.42. The Labute approximate surface area is 201 Å². The van der Waals surface area contributed by atoms with Gasteiger partial charge in [0, 0.05) is 43.5 Å². The van der Waals surface area contributed by atoms with Crippen LogP contribution in [0.25, 0.3) is 0 Å².